The second kappa shape index (κ2) is 9.97. The Bertz CT molecular complexity index is 1040. The molecule has 0 aliphatic heterocycles. The predicted molar refractivity (Wildman–Crippen MR) is 113 cm³/mol. The molecule has 30 heavy (non-hydrogen) atoms. The van der Waals surface area contributed by atoms with Gasteiger partial charge in [0.15, 0.2) is 11.5 Å². The molecule has 0 aromatic heterocycles. The summed E-state index contributed by atoms with van der Waals surface area (Å²) in [5, 5.41) is 0. The van der Waals surface area contributed by atoms with Gasteiger partial charge in [0, 0.05) is 11.1 Å². The number of hydrogen-bond acceptors (Lipinski definition) is 6. The second-order valence-electron chi connectivity index (χ2n) is 6.53. The van der Waals surface area contributed by atoms with Crippen LogP contribution in [0.3, 0.4) is 0 Å². The molecule has 9 nitrogen and oxygen atoms in total. The van der Waals surface area contributed by atoms with Gasteiger partial charge in [0.1, 0.15) is 0 Å². The summed E-state index contributed by atoms with van der Waals surface area (Å²) in [5.74, 6) is -0.233. The Morgan fingerprint density at radius 2 is 1.57 bits per heavy atom. The number of amides is 2. The molecule has 0 unspecified atom stereocenters. The topological polar surface area (TPSA) is 123 Å². The Morgan fingerprint density at radius 1 is 0.967 bits per heavy atom. The lowest BCUT2D eigenvalue weighted by atomic mass is 10.1. The fourth-order valence-corrected chi connectivity index (χ4v) is 3.09. The summed E-state index contributed by atoms with van der Waals surface area (Å²) < 4.78 is 36.0. The van der Waals surface area contributed by atoms with Crippen molar-refractivity contribution in [2.75, 3.05) is 24.7 Å². The highest BCUT2D eigenvalue weighted by molar-refractivity contribution is 7.92. The van der Waals surface area contributed by atoms with Crippen LogP contribution in [0.25, 0.3) is 0 Å². The lowest BCUT2D eigenvalue weighted by Crippen LogP contribution is -2.41. The van der Waals surface area contributed by atoms with Crippen molar-refractivity contribution < 1.29 is 27.5 Å². The second-order valence-corrected chi connectivity index (χ2v) is 8.27. The van der Waals surface area contributed by atoms with Crippen molar-refractivity contribution in [2.45, 2.75) is 20.3 Å². The first-order valence-electron chi connectivity index (χ1n) is 9.14. The molecule has 162 valence electrons. The lowest BCUT2D eigenvalue weighted by molar-refractivity contribution is 0.0846. The maximum Gasteiger partial charge on any atom is 0.269 e. The normalized spacial score (nSPS) is 10.8. The molecular weight excluding hydrogens is 410 g/mol. The van der Waals surface area contributed by atoms with E-state index in [0.29, 0.717) is 23.7 Å². The van der Waals surface area contributed by atoms with Gasteiger partial charge in [0.25, 0.3) is 11.8 Å². The van der Waals surface area contributed by atoms with Gasteiger partial charge in [-0.1, -0.05) is 13.0 Å². The third kappa shape index (κ3) is 6.38. The smallest absolute Gasteiger partial charge is 0.269 e. The number of rotatable bonds is 8. The third-order valence-corrected chi connectivity index (χ3v) is 4.56. The van der Waals surface area contributed by atoms with Crippen molar-refractivity contribution in [3.05, 3.63) is 53.1 Å². The maximum absolute atomic E-state index is 12.4. The number of hydrogen-bond donors (Lipinski definition) is 3. The van der Waals surface area contributed by atoms with Crippen LogP contribution in [-0.4, -0.2) is 40.2 Å². The average molecular weight is 436 g/mol. The fourth-order valence-electron chi connectivity index (χ4n) is 2.47. The van der Waals surface area contributed by atoms with Crippen molar-refractivity contribution in [1.29, 1.82) is 0 Å². The molecular formula is C20H25N3O6S. The van der Waals surface area contributed by atoms with Crippen molar-refractivity contribution in [2.24, 2.45) is 0 Å². The predicted octanol–water partition coefficient (Wildman–Crippen LogP) is 2.24. The molecule has 3 N–H and O–H groups in total. The van der Waals surface area contributed by atoms with E-state index in [4.69, 9.17) is 9.47 Å². The number of carbonyl (C=O) groups excluding carboxylic acids is 2. The number of hydrazine groups is 1. The standard InChI is InChI=1S/C20H25N3O6S/c1-5-10-29-17-9-8-15(12-18(17)28-3)20(25)22-21-19(24)14-7-6-13(2)16(11-14)23-30(4,26)27/h6-9,11-12,23H,5,10H2,1-4H3,(H,21,24)(H,22,25). The minimum atomic E-state index is -3.49. The monoisotopic (exact) mass is 435 g/mol. The molecule has 0 aliphatic rings. The van der Waals surface area contributed by atoms with Crippen LogP contribution < -0.4 is 25.0 Å². The molecule has 2 aromatic rings. The Kier molecular flexibility index (Phi) is 7.65. The first-order chi connectivity index (χ1) is 14.1. The Hall–Kier alpha value is -3.27. The molecule has 2 rings (SSSR count). The van der Waals surface area contributed by atoms with Gasteiger partial charge in [0.05, 0.1) is 25.7 Å². The van der Waals surface area contributed by atoms with Crippen LogP contribution >= 0.6 is 0 Å². The zero-order chi connectivity index (χ0) is 22.3. The van der Waals surface area contributed by atoms with E-state index in [1.54, 1.807) is 25.1 Å². The fraction of sp³-hybridized carbons (Fsp3) is 0.300. The summed E-state index contributed by atoms with van der Waals surface area (Å²) in [4.78, 5) is 24.7. The lowest BCUT2D eigenvalue weighted by Gasteiger charge is -2.13. The minimum absolute atomic E-state index is 0.174. The van der Waals surface area contributed by atoms with Gasteiger partial charge in [-0.15, -0.1) is 0 Å². The summed E-state index contributed by atoms with van der Waals surface area (Å²) in [6, 6.07) is 9.19. The molecule has 0 radical (unpaired) electrons. The van der Waals surface area contributed by atoms with Crippen LogP contribution in [0.4, 0.5) is 5.69 Å². The van der Waals surface area contributed by atoms with Gasteiger partial charge >= 0.3 is 0 Å². The van der Waals surface area contributed by atoms with Crippen LogP contribution in [0.1, 0.15) is 39.6 Å². The summed E-state index contributed by atoms with van der Waals surface area (Å²) in [6.45, 7) is 4.20. The minimum Gasteiger partial charge on any atom is -0.493 e. The summed E-state index contributed by atoms with van der Waals surface area (Å²) in [7, 11) is -2.02. The van der Waals surface area contributed by atoms with E-state index >= 15 is 0 Å². The van der Waals surface area contributed by atoms with Crippen LogP contribution in [0, 0.1) is 6.92 Å². The number of aryl methyl sites for hydroxylation is 1. The molecule has 2 aromatic carbocycles. The van der Waals surface area contributed by atoms with E-state index in [1.807, 2.05) is 6.92 Å². The van der Waals surface area contributed by atoms with Crippen molar-refractivity contribution in [3.63, 3.8) is 0 Å². The van der Waals surface area contributed by atoms with Crippen LogP contribution in [0.5, 0.6) is 11.5 Å². The van der Waals surface area contributed by atoms with E-state index in [-0.39, 0.29) is 16.8 Å². The average Bonchev–Trinajstić information content (AvgIpc) is 2.70. The van der Waals surface area contributed by atoms with Crippen LogP contribution in [0.2, 0.25) is 0 Å². The van der Waals surface area contributed by atoms with Crippen molar-refractivity contribution >= 4 is 27.5 Å². The largest absolute Gasteiger partial charge is 0.493 e. The van der Waals surface area contributed by atoms with E-state index in [9.17, 15) is 18.0 Å². The molecule has 0 spiro atoms. The quantitative estimate of drug-likeness (QED) is 0.547. The highest BCUT2D eigenvalue weighted by Gasteiger charge is 2.14. The van der Waals surface area contributed by atoms with E-state index < -0.39 is 21.8 Å². The number of ether oxygens (including phenoxy) is 2. The molecule has 0 saturated heterocycles. The van der Waals surface area contributed by atoms with Gasteiger partial charge in [0.2, 0.25) is 10.0 Å². The number of carbonyl (C=O) groups is 2. The van der Waals surface area contributed by atoms with Crippen molar-refractivity contribution in [1.82, 2.24) is 10.9 Å². The van der Waals surface area contributed by atoms with Gasteiger partial charge in [-0.25, -0.2) is 8.42 Å². The molecule has 2 amide bonds. The molecule has 0 heterocycles. The van der Waals surface area contributed by atoms with Crippen LogP contribution in [0.15, 0.2) is 36.4 Å². The van der Waals surface area contributed by atoms with E-state index in [1.165, 1.54) is 25.3 Å². The van der Waals surface area contributed by atoms with Gasteiger partial charge < -0.3 is 9.47 Å². The molecule has 0 saturated carbocycles. The number of methoxy groups -OCH3 is 1. The molecule has 10 heteroatoms. The number of sulfonamides is 1. The Morgan fingerprint density at radius 3 is 2.13 bits per heavy atom. The number of anilines is 1. The van der Waals surface area contributed by atoms with Crippen molar-refractivity contribution in [3.8, 4) is 11.5 Å². The first kappa shape index (κ1) is 23.0. The van der Waals surface area contributed by atoms with Gasteiger partial charge in [-0.2, -0.15) is 0 Å². The molecule has 0 fully saturated rings. The van der Waals surface area contributed by atoms with Crippen LogP contribution in [-0.2, 0) is 10.0 Å². The van der Waals surface area contributed by atoms with Gasteiger partial charge in [-0.05, 0) is 49.2 Å². The number of nitrogens with one attached hydrogen (secondary N) is 3. The zero-order valence-corrected chi connectivity index (χ0v) is 18.1. The highest BCUT2D eigenvalue weighted by atomic mass is 32.2. The maximum atomic E-state index is 12.4. The molecule has 0 aliphatic carbocycles. The van der Waals surface area contributed by atoms with E-state index in [0.717, 1.165) is 12.7 Å². The molecule has 0 atom stereocenters. The summed E-state index contributed by atoms with van der Waals surface area (Å²) >= 11 is 0. The molecule has 0 bridgehead atoms. The van der Waals surface area contributed by atoms with Gasteiger partial charge in [-0.3, -0.25) is 25.2 Å². The Labute approximate surface area is 175 Å². The summed E-state index contributed by atoms with van der Waals surface area (Å²) in [6.07, 6.45) is 1.85. The SMILES string of the molecule is CCCOc1ccc(C(=O)NNC(=O)c2ccc(C)c(NS(C)(=O)=O)c2)cc1OC. The van der Waals surface area contributed by atoms with E-state index in [2.05, 4.69) is 15.6 Å². The Balaban J connectivity index is 2.07. The highest BCUT2D eigenvalue weighted by Crippen LogP contribution is 2.28. The zero-order valence-electron chi connectivity index (χ0n) is 17.2. The summed E-state index contributed by atoms with van der Waals surface area (Å²) in [5.41, 5.74) is 6.00. The first-order valence-corrected chi connectivity index (χ1v) is 11.0. The number of benzene rings is 2. The third-order valence-electron chi connectivity index (χ3n) is 3.97.